The van der Waals surface area contributed by atoms with Crippen LogP contribution >= 0.6 is 11.6 Å². The van der Waals surface area contributed by atoms with Crippen LogP contribution in [0.3, 0.4) is 0 Å². The lowest BCUT2D eigenvalue weighted by Crippen LogP contribution is -2.53. The van der Waals surface area contributed by atoms with Gasteiger partial charge < -0.3 is 10.2 Å². The number of amides is 2. The van der Waals surface area contributed by atoms with Crippen molar-refractivity contribution in [2.75, 3.05) is 17.1 Å². The summed E-state index contributed by atoms with van der Waals surface area (Å²) in [5, 5.41) is 3.57. The predicted molar refractivity (Wildman–Crippen MR) is 140 cm³/mol. The molecule has 0 heterocycles. The van der Waals surface area contributed by atoms with Gasteiger partial charge in [0, 0.05) is 17.6 Å². The fourth-order valence-electron chi connectivity index (χ4n) is 4.54. The number of nitrogens with one attached hydrogen (secondary N) is 1. The Bertz CT molecular complexity index is 1150. The van der Waals surface area contributed by atoms with Gasteiger partial charge in [-0.05, 0) is 49.4 Å². The first kappa shape index (κ1) is 27.0. The number of anilines is 1. The van der Waals surface area contributed by atoms with Crippen LogP contribution in [0.1, 0.15) is 50.2 Å². The van der Waals surface area contributed by atoms with Crippen LogP contribution in [0, 0.1) is 6.92 Å². The lowest BCUT2D eigenvalue weighted by atomic mass is 10.1. The largest absolute Gasteiger partial charge is 0.352 e. The maximum Gasteiger partial charge on any atom is 0.244 e. The molecule has 0 saturated heterocycles. The maximum absolute atomic E-state index is 13.7. The number of para-hydroxylation sites is 1. The van der Waals surface area contributed by atoms with Gasteiger partial charge in [-0.25, -0.2) is 8.42 Å². The molecule has 2 aromatic rings. The predicted octanol–water partition coefficient (Wildman–Crippen LogP) is 4.28. The number of carbonyl (C=O) groups is 2. The van der Waals surface area contributed by atoms with Gasteiger partial charge >= 0.3 is 0 Å². The SMILES string of the molecule is CC[C@@H](C(=O)NC1CCCC1)N(Cc1ccccc1Cl)C(=O)CN(c1ccccc1C)S(C)(=O)=O. The summed E-state index contributed by atoms with van der Waals surface area (Å²) >= 11 is 6.39. The third-order valence-electron chi connectivity index (χ3n) is 6.45. The van der Waals surface area contributed by atoms with Gasteiger partial charge in [-0.2, -0.15) is 0 Å². The summed E-state index contributed by atoms with van der Waals surface area (Å²) in [4.78, 5) is 28.5. The van der Waals surface area contributed by atoms with Crippen molar-refractivity contribution in [1.82, 2.24) is 10.2 Å². The van der Waals surface area contributed by atoms with Crippen molar-refractivity contribution < 1.29 is 18.0 Å². The number of nitrogens with zero attached hydrogens (tertiary/aromatic N) is 2. The average Bonchev–Trinajstić information content (AvgIpc) is 3.31. The van der Waals surface area contributed by atoms with E-state index in [0.29, 0.717) is 22.7 Å². The molecule has 0 radical (unpaired) electrons. The Hall–Kier alpha value is -2.58. The summed E-state index contributed by atoms with van der Waals surface area (Å²) in [6.45, 7) is 3.33. The number of hydrogen-bond donors (Lipinski definition) is 1. The number of halogens is 1. The molecule has 0 aliphatic heterocycles. The molecular formula is C26H34ClN3O4S. The summed E-state index contributed by atoms with van der Waals surface area (Å²) in [5.41, 5.74) is 1.86. The Kier molecular flexibility index (Phi) is 9.19. The van der Waals surface area contributed by atoms with Gasteiger partial charge in [-0.15, -0.1) is 0 Å². The van der Waals surface area contributed by atoms with E-state index < -0.39 is 28.5 Å². The number of carbonyl (C=O) groups excluding carboxylic acids is 2. The van der Waals surface area contributed by atoms with E-state index >= 15 is 0 Å². The highest BCUT2D eigenvalue weighted by molar-refractivity contribution is 7.92. The molecule has 1 saturated carbocycles. The third-order valence-corrected chi connectivity index (χ3v) is 7.94. The average molecular weight is 520 g/mol. The van der Waals surface area contributed by atoms with Crippen LogP contribution in [0.4, 0.5) is 5.69 Å². The minimum atomic E-state index is -3.76. The van der Waals surface area contributed by atoms with Crippen molar-refractivity contribution in [3.8, 4) is 0 Å². The van der Waals surface area contributed by atoms with Crippen LogP contribution in [0.2, 0.25) is 5.02 Å². The second-order valence-electron chi connectivity index (χ2n) is 9.08. The van der Waals surface area contributed by atoms with Gasteiger partial charge in [-0.1, -0.05) is 67.8 Å². The molecule has 1 N–H and O–H groups in total. The molecule has 2 aromatic carbocycles. The number of hydrogen-bond acceptors (Lipinski definition) is 4. The standard InChI is InChI=1S/C26H34ClN3O4S/c1-4-23(26(32)28-21-13-7-8-14-21)29(17-20-12-6-9-15-22(20)27)25(31)18-30(35(3,33)34)24-16-10-5-11-19(24)2/h5-6,9-12,15-16,21,23H,4,7-8,13-14,17-18H2,1-3H3,(H,28,32)/t23-/m0/s1. The maximum atomic E-state index is 13.7. The Morgan fingerprint density at radius 2 is 1.71 bits per heavy atom. The second-order valence-corrected chi connectivity index (χ2v) is 11.4. The highest BCUT2D eigenvalue weighted by Crippen LogP contribution is 2.25. The van der Waals surface area contributed by atoms with Gasteiger partial charge in [0.2, 0.25) is 21.8 Å². The molecule has 3 rings (SSSR count). The third kappa shape index (κ3) is 6.98. The fraction of sp³-hybridized carbons (Fsp3) is 0.462. The minimum Gasteiger partial charge on any atom is -0.352 e. The topological polar surface area (TPSA) is 86.8 Å². The summed E-state index contributed by atoms with van der Waals surface area (Å²) < 4.78 is 26.5. The number of rotatable bonds is 10. The molecular weight excluding hydrogens is 486 g/mol. The summed E-state index contributed by atoms with van der Waals surface area (Å²) in [7, 11) is -3.76. The highest BCUT2D eigenvalue weighted by atomic mass is 35.5. The van der Waals surface area contributed by atoms with Crippen molar-refractivity contribution in [2.24, 2.45) is 0 Å². The molecule has 2 amide bonds. The monoisotopic (exact) mass is 519 g/mol. The van der Waals surface area contributed by atoms with Crippen molar-refractivity contribution in [1.29, 1.82) is 0 Å². The first-order valence-electron chi connectivity index (χ1n) is 12.0. The van der Waals surface area contributed by atoms with Crippen molar-refractivity contribution >= 4 is 39.1 Å². The Morgan fingerprint density at radius 3 is 2.31 bits per heavy atom. The van der Waals surface area contributed by atoms with Crippen LogP contribution < -0.4 is 9.62 Å². The molecule has 0 bridgehead atoms. The summed E-state index contributed by atoms with van der Waals surface area (Å²) in [5.74, 6) is -0.686. The normalized spacial score (nSPS) is 15.0. The van der Waals surface area contributed by atoms with Crippen molar-refractivity contribution in [3.63, 3.8) is 0 Å². The Morgan fingerprint density at radius 1 is 1.09 bits per heavy atom. The zero-order chi connectivity index (χ0) is 25.6. The molecule has 1 fully saturated rings. The first-order valence-corrected chi connectivity index (χ1v) is 14.2. The van der Waals surface area contributed by atoms with Crippen molar-refractivity contribution in [3.05, 3.63) is 64.7 Å². The van der Waals surface area contributed by atoms with Crippen LogP contribution in [-0.4, -0.2) is 50.0 Å². The lowest BCUT2D eigenvalue weighted by molar-refractivity contribution is -0.140. The molecule has 7 nitrogen and oxygen atoms in total. The molecule has 1 aliphatic rings. The lowest BCUT2D eigenvalue weighted by Gasteiger charge is -2.33. The molecule has 9 heteroatoms. The molecule has 0 aromatic heterocycles. The molecule has 1 aliphatic carbocycles. The van der Waals surface area contributed by atoms with E-state index in [1.807, 2.05) is 19.1 Å². The Labute approximate surface area is 213 Å². The number of benzene rings is 2. The van der Waals surface area contributed by atoms with E-state index in [0.717, 1.165) is 41.8 Å². The van der Waals surface area contributed by atoms with E-state index in [1.165, 1.54) is 4.90 Å². The zero-order valence-electron chi connectivity index (χ0n) is 20.5. The van der Waals surface area contributed by atoms with Crippen LogP contribution in [0.25, 0.3) is 0 Å². The Balaban J connectivity index is 1.94. The van der Waals surface area contributed by atoms with Gasteiger partial charge in [0.25, 0.3) is 0 Å². The van der Waals surface area contributed by atoms with Gasteiger partial charge in [0.1, 0.15) is 12.6 Å². The molecule has 190 valence electrons. The number of aryl methyl sites for hydroxylation is 1. The van der Waals surface area contributed by atoms with E-state index in [1.54, 1.807) is 43.3 Å². The van der Waals surface area contributed by atoms with E-state index in [-0.39, 0.29) is 18.5 Å². The number of sulfonamides is 1. The van der Waals surface area contributed by atoms with E-state index in [4.69, 9.17) is 11.6 Å². The zero-order valence-corrected chi connectivity index (χ0v) is 22.1. The summed E-state index contributed by atoms with van der Waals surface area (Å²) in [6, 6.07) is 13.5. The highest BCUT2D eigenvalue weighted by Gasteiger charge is 2.33. The smallest absolute Gasteiger partial charge is 0.244 e. The van der Waals surface area contributed by atoms with Crippen LogP contribution in [0.5, 0.6) is 0 Å². The second kappa shape index (κ2) is 11.9. The molecule has 1 atom stereocenters. The van der Waals surface area contributed by atoms with Crippen LogP contribution in [-0.2, 0) is 26.2 Å². The summed E-state index contributed by atoms with van der Waals surface area (Å²) in [6.07, 6.45) is 5.46. The van der Waals surface area contributed by atoms with Gasteiger partial charge in [0.05, 0.1) is 11.9 Å². The minimum absolute atomic E-state index is 0.0977. The molecule has 35 heavy (non-hydrogen) atoms. The van der Waals surface area contributed by atoms with Gasteiger partial charge in [-0.3, -0.25) is 13.9 Å². The van der Waals surface area contributed by atoms with Crippen molar-refractivity contribution in [2.45, 2.75) is 64.6 Å². The van der Waals surface area contributed by atoms with Crippen LogP contribution in [0.15, 0.2) is 48.5 Å². The fourth-order valence-corrected chi connectivity index (χ4v) is 5.64. The van der Waals surface area contributed by atoms with Gasteiger partial charge in [0.15, 0.2) is 0 Å². The molecule has 0 spiro atoms. The van der Waals surface area contributed by atoms with E-state index in [9.17, 15) is 18.0 Å². The quantitative estimate of drug-likeness (QED) is 0.507. The molecule has 0 unspecified atom stereocenters. The van der Waals surface area contributed by atoms with E-state index in [2.05, 4.69) is 5.32 Å². The first-order chi connectivity index (χ1) is 16.6.